The van der Waals surface area contributed by atoms with Crippen molar-refractivity contribution >= 4 is 44.4 Å². The number of hydrogen-bond acceptors (Lipinski definition) is 6. The third kappa shape index (κ3) is 3.99. The lowest BCUT2D eigenvalue weighted by Gasteiger charge is -2.33. The first-order chi connectivity index (χ1) is 17.7. The first-order valence-electron chi connectivity index (χ1n) is 12.7. The van der Waals surface area contributed by atoms with Crippen LogP contribution in [-0.4, -0.2) is 38.7 Å². The Balaban J connectivity index is 1.10. The van der Waals surface area contributed by atoms with Crippen molar-refractivity contribution in [2.75, 3.05) is 23.3 Å². The molecule has 0 atom stereocenters. The van der Waals surface area contributed by atoms with E-state index >= 15 is 0 Å². The molecule has 2 aliphatic rings. The average molecular weight is 499 g/mol. The van der Waals surface area contributed by atoms with E-state index in [1.807, 2.05) is 11.4 Å². The molecule has 1 saturated heterocycles. The summed E-state index contributed by atoms with van der Waals surface area (Å²) >= 11 is 1.61. The number of halogens is 1. The molecule has 0 amide bonds. The zero-order valence-corrected chi connectivity index (χ0v) is 20.7. The van der Waals surface area contributed by atoms with E-state index in [0.29, 0.717) is 6.04 Å². The van der Waals surface area contributed by atoms with Crippen molar-refractivity contribution in [3.8, 4) is 11.1 Å². The van der Waals surface area contributed by atoms with Crippen LogP contribution in [0.25, 0.3) is 32.4 Å². The molecule has 1 N–H and O–H groups in total. The van der Waals surface area contributed by atoms with E-state index in [0.717, 1.165) is 77.0 Å². The molecular formula is C28H27FN6S. The van der Waals surface area contributed by atoms with Crippen molar-refractivity contribution < 1.29 is 4.39 Å². The van der Waals surface area contributed by atoms with E-state index in [2.05, 4.69) is 49.0 Å². The van der Waals surface area contributed by atoms with Crippen LogP contribution in [0.1, 0.15) is 25.7 Å². The quantitative estimate of drug-likeness (QED) is 0.296. The van der Waals surface area contributed by atoms with Crippen molar-refractivity contribution in [1.82, 2.24) is 19.5 Å². The van der Waals surface area contributed by atoms with Gasteiger partial charge >= 0.3 is 0 Å². The Morgan fingerprint density at radius 1 is 1.00 bits per heavy atom. The first kappa shape index (κ1) is 21.7. The lowest BCUT2D eigenvalue weighted by Crippen LogP contribution is -2.40. The van der Waals surface area contributed by atoms with Crippen LogP contribution in [0.15, 0.2) is 60.2 Å². The van der Waals surface area contributed by atoms with Crippen molar-refractivity contribution in [3.05, 3.63) is 66.1 Å². The molecule has 182 valence electrons. The number of benzene rings is 2. The second-order valence-corrected chi connectivity index (χ2v) is 10.8. The zero-order valence-electron chi connectivity index (χ0n) is 19.9. The number of fused-ring (bicyclic) bond motifs is 2. The number of nitrogens with zero attached hydrogens (tertiary/aromatic N) is 5. The Morgan fingerprint density at radius 2 is 1.86 bits per heavy atom. The maximum atomic E-state index is 13.8. The third-order valence-electron chi connectivity index (χ3n) is 7.38. The second kappa shape index (κ2) is 8.85. The fourth-order valence-electron chi connectivity index (χ4n) is 5.27. The van der Waals surface area contributed by atoms with Crippen LogP contribution < -0.4 is 10.2 Å². The van der Waals surface area contributed by atoms with Crippen LogP contribution in [0.5, 0.6) is 0 Å². The second-order valence-electron chi connectivity index (χ2n) is 9.92. The highest BCUT2D eigenvalue weighted by molar-refractivity contribution is 7.18. The molecule has 1 aliphatic carbocycles. The number of hydrogen-bond donors (Lipinski definition) is 1. The molecule has 7 rings (SSSR count). The Labute approximate surface area is 212 Å². The van der Waals surface area contributed by atoms with Gasteiger partial charge in [-0.3, -0.25) is 0 Å². The maximum absolute atomic E-state index is 13.8. The van der Waals surface area contributed by atoms with Gasteiger partial charge in [-0.1, -0.05) is 24.3 Å². The number of para-hydroxylation sites is 2. The minimum absolute atomic E-state index is 0.239. The summed E-state index contributed by atoms with van der Waals surface area (Å²) in [5, 5.41) is 5.73. The van der Waals surface area contributed by atoms with Gasteiger partial charge in [-0.15, -0.1) is 11.3 Å². The van der Waals surface area contributed by atoms with E-state index in [9.17, 15) is 4.39 Å². The van der Waals surface area contributed by atoms with Crippen LogP contribution in [0.4, 0.5) is 16.2 Å². The summed E-state index contributed by atoms with van der Waals surface area (Å²) in [5.41, 5.74) is 4.99. The van der Waals surface area contributed by atoms with Gasteiger partial charge in [0, 0.05) is 36.6 Å². The first-order valence-corrected chi connectivity index (χ1v) is 13.6. The molecule has 6 nitrogen and oxygen atoms in total. The van der Waals surface area contributed by atoms with Gasteiger partial charge in [0.25, 0.3) is 0 Å². The summed E-state index contributed by atoms with van der Waals surface area (Å²) in [6, 6.07) is 15.5. The minimum atomic E-state index is -0.239. The van der Waals surface area contributed by atoms with Crippen molar-refractivity contribution in [2.24, 2.45) is 5.92 Å². The van der Waals surface area contributed by atoms with Gasteiger partial charge in [0.05, 0.1) is 21.3 Å². The zero-order chi connectivity index (χ0) is 24.1. The van der Waals surface area contributed by atoms with Gasteiger partial charge in [0.2, 0.25) is 5.95 Å². The Morgan fingerprint density at radius 3 is 2.69 bits per heavy atom. The van der Waals surface area contributed by atoms with Gasteiger partial charge in [-0.2, -0.15) is 0 Å². The summed E-state index contributed by atoms with van der Waals surface area (Å²) in [7, 11) is 0. The Kier molecular flexibility index (Phi) is 5.34. The van der Waals surface area contributed by atoms with Gasteiger partial charge in [0.1, 0.15) is 18.0 Å². The molecule has 0 spiro atoms. The number of piperidine rings is 1. The summed E-state index contributed by atoms with van der Waals surface area (Å²) in [5.74, 6) is 2.54. The van der Waals surface area contributed by atoms with Gasteiger partial charge < -0.3 is 14.8 Å². The molecule has 2 aromatic carbocycles. The van der Waals surface area contributed by atoms with Crippen LogP contribution in [0.3, 0.4) is 0 Å². The van der Waals surface area contributed by atoms with Crippen LogP contribution in [-0.2, 0) is 6.54 Å². The fraction of sp³-hybridized carbons (Fsp3) is 0.321. The number of anilines is 2. The molecule has 8 heteroatoms. The molecular weight excluding hydrogens is 471 g/mol. The lowest BCUT2D eigenvalue weighted by atomic mass is 10.1. The lowest BCUT2D eigenvalue weighted by molar-refractivity contribution is 0.508. The normalized spacial score (nSPS) is 16.8. The van der Waals surface area contributed by atoms with E-state index in [1.165, 1.54) is 24.4 Å². The highest BCUT2D eigenvalue weighted by atomic mass is 32.1. The Hall–Kier alpha value is -3.52. The maximum Gasteiger partial charge on any atom is 0.206 e. The smallest absolute Gasteiger partial charge is 0.206 e. The molecule has 2 fully saturated rings. The SMILES string of the molecule is Fc1cccc(-c2csc3c(NC4CCN(c5nc6ccccc6n5CC5CC5)CC4)ncnc23)c1. The average Bonchev–Trinajstić information content (AvgIpc) is 3.49. The molecule has 5 aromatic rings. The monoisotopic (exact) mass is 498 g/mol. The predicted octanol–water partition coefficient (Wildman–Crippen LogP) is 6.34. The van der Waals surface area contributed by atoms with Crippen LogP contribution in [0, 0.1) is 11.7 Å². The molecule has 4 heterocycles. The summed E-state index contributed by atoms with van der Waals surface area (Å²) in [6.45, 7) is 2.98. The molecule has 0 radical (unpaired) electrons. The largest absolute Gasteiger partial charge is 0.366 e. The van der Waals surface area contributed by atoms with Crippen molar-refractivity contribution in [2.45, 2.75) is 38.3 Å². The third-order valence-corrected chi connectivity index (χ3v) is 8.36. The van der Waals surface area contributed by atoms with Crippen molar-refractivity contribution in [3.63, 3.8) is 0 Å². The van der Waals surface area contributed by atoms with E-state index < -0.39 is 0 Å². The fourth-order valence-corrected chi connectivity index (χ4v) is 6.26. The number of nitrogens with one attached hydrogen (secondary N) is 1. The topological polar surface area (TPSA) is 58.9 Å². The highest BCUT2D eigenvalue weighted by Crippen LogP contribution is 2.37. The standard InChI is InChI=1S/C28H27FN6S/c29-20-5-3-4-19(14-20)22-16-36-26-25(22)30-17-31-27(26)32-21-10-12-34(13-11-21)28-33-23-6-1-2-7-24(23)35(28)15-18-8-9-18/h1-7,14,16-18,21H,8-13,15H2,(H,30,31,32). The molecule has 1 saturated carbocycles. The molecule has 0 unspecified atom stereocenters. The van der Waals surface area contributed by atoms with E-state index in [-0.39, 0.29) is 5.82 Å². The number of rotatable bonds is 6. The molecule has 36 heavy (non-hydrogen) atoms. The number of aromatic nitrogens is 4. The van der Waals surface area contributed by atoms with E-state index in [4.69, 9.17) is 4.98 Å². The summed E-state index contributed by atoms with van der Waals surface area (Å²) < 4.78 is 17.3. The summed E-state index contributed by atoms with van der Waals surface area (Å²) in [4.78, 5) is 16.6. The predicted molar refractivity (Wildman–Crippen MR) is 144 cm³/mol. The van der Waals surface area contributed by atoms with Gasteiger partial charge in [-0.25, -0.2) is 19.3 Å². The van der Waals surface area contributed by atoms with Gasteiger partial charge in [0.15, 0.2) is 0 Å². The molecule has 3 aromatic heterocycles. The van der Waals surface area contributed by atoms with Crippen LogP contribution >= 0.6 is 11.3 Å². The van der Waals surface area contributed by atoms with Gasteiger partial charge in [-0.05, 0) is 61.4 Å². The molecule has 0 bridgehead atoms. The van der Waals surface area contributed by atoms with Crippen molar-refractivity contribution in [1.29, 1.82) is 0 Å². The summed E-state index contributed by atoms with van der Waals surface area (Å²) in [6.07, 6.45) is 6.29. The molecule has 1 aliphatic heterocycles. The Bertz CT molecular complexity index is 1550. The van der Waals surface area contributed by atoms with E-state index in [1.54, 1.807) is 29.8 Å². The minimum Gasteiger partial charge on any atom is -0.366 e. The number of thiophene rings is 1. The van der Waals surface area contributed by atoms with Crippen LogP contribution in [0.2, 0.25) is 0 Å². The highest BCUT2D eigenvalue weighted by Gasteiger charge is 2.28. The number of imidazole rings is 1.